The fourth-order valence-corrected chi connectivity index (χ4v) is 5.17. The Balaban J connectivity index is 1.46. The van der Waals surface area contributed by atoms with Crippen molar-refractivity contribution in [3.8, 4) is 11.8 Å². The first-order valence-corrected chi connectivity index (χ1v) is 11.8. The Morgan fingerprint density at radius 2 is 2.07 bits per heavy atom. The molecule has 2 aromatic rings. The van der Waals surface area contributed by atoms with Gasteiger partial charge in [0, 0.05) is 23.9 Å². The van der Waals surface area contributed by atoms with E-state index in [1.54, 1.807) is 11.3 Å². The van der Waals surface area contributed by atoms with Crippen LogP contribution in [0.4, 0.5) is 0 Å². The lowest BCUT2D eigenvalue weighted by molar-refractivity contribution is 0.233. The van der Waals surface area contributed by atoms with Crippen LogP contribution < -0.4 is 5.32 Å². The van der Waals surface area contributed by atoms with Crippen molar-refractivity contribution in [3.05, 3.63) is 27.2 Å². The van der Waals surface area contributed by atoms with Crippen LogP contribution in [0.1, 0.15) is 79.2 Å². The summed E-state index contributed by atoms with van der Waals surface area (Å²) in [4.78, 5) is 8.59. The third kappa shape index (κ3) is 4.88. The first-order valence-electron chi connectivity index (χ1n) is 11.0. The standard InChI is InChI=1S/C22H32N6S/c1-16(2)23-12-7-9-18-17(3)29-21(24-18)15-27-13-8-10-19(27)22-26-25-20-11-5-4-6-14-28(20)22/h16,19,23H,4-6,8,10-15H2,1-3H3. The molecule has 4 heterocycles. The van der Waals surface area contributed by atoms with Crippen LogP contribution in [0.15, 0.2) is 0 Å². The van der Waals surface area contributed by atoms with Crippen LogP contribution in [-0.4, -0.2) is 43.8 Å². The van der Waals surface area contributed by atoms with Crippen LogP contribution in [0.3, 0.4) is 0 Å². The molecular weight excluding hydrogens is 380 g/mol. The monoisotopic (exact) mass is 412 g/mol. The third-order valence-corrected chi connectivity index (χ3v) is 6.74. The van der Waals surface area contributed by atoms with Gasteiger partial charge in [-0.25, -0.2) is 4.98 Å². The minimum absolute atomic E-state index is 0.364. The molecule has 0 saturated carbocycles. The van der Waals surface area contributed by atoms with Gasteiger partial charge in [0.2, 0.25) is 0 Å². The van der Waals surface area contributed by atoms with Gasteiger partial charge in [0.15, 0.2) is 0 Å². The van der Waals surface area contributed by atoms with E-state index in [-0.39, 0.29) is 0 Å². The summed E-state index contributed by atoms with van der Waals surface area (Å²) in [7, 11) is 0. The van der Waals surface area contributed by atoms with E-state index in [4.69, 9.17) is 4.98 Å². The molecule has 1 fully saturated rings. The van der Waals surface area contributed by atoms with Crippen LogP contribution in [0.25, 0.3) is 0 Å². The Bertz CT molecular complexity index is 887. The number of rotatable bonds is 5. The van der Waals surface area contributed by atoms with Crippen LogP contribution in [0, 0.1) is 18.8 Å². The lowest BCUT2D eigenvalue weighted by Crippen LogP contribution is -2.25. The number of nitrogens with one attached hydrogen (secondary N) is 1. The molecular formula is C22H32N6S. The second-order valence-electron chi connectivity index (χ2n) is 8.42. The molecule has 0 spiro atoms. The predicted octanol–water partition coefficient (Wildman–Crippen LogP) is 3.46. The van der Waals surface area contributed by atoms with Crippen molar-refractivity contribution in [3.63, 3.8) is 0 Å². The third-order valence-electron chi connectivity index (χ3n) is 5.78. The lowest BCUT2D eigenvalue weighted by atomic mass is 10.2. The number of aromatic nitrogens is 4. The van der Waals surface area contributed by atoms with E-state index in [0.717, 1.165) is 43.2 Å². The highest BCUT2D eigenvalue weighted by atomic mass is 32.1. The maximum absolute atomic E-state index is 4.84. The quantitative estimate of drug-likeness (QED) is 0.762. The minimum Gasteiger partial charge on any atom is -0.314 e. The largest absolute Gasteiger partial charge is 0.314 e. The second kappa shape index (κ2) is 9.38. The number of likely N-dealkylation sites (tertiary alicyclic amines) is 1. The van der Waals surface area contributed by atoms with Gasteiger partial charge in [0.25, 0.3) is 0 Å². The van der Waals surface area contributed by atoms with E-state index in [2.05, 4.69) is 57.6 Å². The summed E-state index contributed by atoms with van der Waals surface area (Å²) in [5.74, 6) is 8.80. The van der Waals surface area contributed by atoms with E-state index < -0.39 is 0 Å². The Morgan fingerprint density at radius 3 is 2.93 bits per heavy atom. The Kier molecular flexibility index (Phi) is 6.63. The van der Waals surface area contributed by atoms with Crippen LogP contribution in [-0.2, 0) is 19.5 Å². The first-order chi connectivity index (χ1) is 14.1. The predicted molar refractivity (Wildman–Crippen MR) is 117 cm³/mol. The van der Waals surface area contributed by atoms with Crippen molar-refractivity contribution in [2.24, 2.45) is 0 Å². The summed E-state index contributed by atoms with van der Waals surface area (Å²) >= 11 is 1.78. The summed E-state index contributed by atoms with van der Waals surface area (Å²) in [5, 5.41) is 13.6. The van der Waals surface area contributed by atoms with Crippen molar-refractivity contribution in [1.29, 1.82) is 0 Å². The van der Waals surface area contributed by atoms with Crippen molar-refractivity contribution in [1.82, 2.24) is 30.0 Å². The topological polar surface area (TPSA) is 58.9 Å². The Morgan fingerprint density at radius 1 is 1.17 bits per heavy atom. The van der Waals surface area contributed by atoms with Gasteiger partial charge in [-0.1, -0.05) is 12.3 Å². The van der Waals surface area contributed by atoms with Gasteiger partial charge in [-0.2, -0.15) is 0 Å². The zero-order valence-corrected chi connectivity index (χ0v) is 18.7. The van der Waals surface area contributed by atoms with Gasteiger partial charge in [0.05, 0.1) is 19.1 Å². The van der Waals surface area contributed by atoms with Crippen LogP contribution in [0.5, 0.6) is 0 Å². The smallest absolute Gasteiger partial charge is 0.150 e. The zero-order chi connectivity index (χ0) is 20.2. The van der Waals surface area contributed by atoms with Gasteiger partial charge >= 0.3 is 0 Å². The first kappa shape index (κ1) is 20.5. The molecule has 0 bridgehead atoms. The van der Waals surface area contributed by atoms with Gasteiger partial charge in [-0.15, -0.1) is 21.5 Å². The summed E-state index contributed by atoms with van der Waals surface area (Å²) in [5.41, 5.74) is 0.933. The minimum atomic E-state index is 0.364. The highest BCUT2D eigenvalue weighted by Gasteiger charge is 2.32. The van der Waals surface area contributed by atoms with E-state index in [9.17, 15) is 0 Å². The fourth-order valence-electron chi connectivity index (χ4n) is 4.25. The number of hydrogen-bond acceptors (Lipinski definition) is 6. The molecule has 4 rings (SSSR count). The molecule has 1 atom stereocenters. The maximum atomic E-state index is 4.84. The second-order valence-corrected chi connectivity index (χ2v) is 9.70. The Hall–Kier alpha value is -1.75. The number of thiazole rings is 1. The van der Waals surface area contributed by atoms with Crippen molar-refractivity contribution >= 4 is 11.3 Å². The van der Waals surface area contributed by atoms with Gasteiger partial charge < -0.3 is 9.88 Å². The normalized spacial score (nSPS) is 19.8. The van der Waals surface area contributed by atoms with Crippen molar-refractivity contribution < 1.29 is 0 Å². The molecule has 7 heteroatoms. The van der Waals surface area contributed by atoms with Crippen LogP contribution >= 0.6 is 11.3 Å². The Labute approximate surface area is 178 Å². The molecule has 2 aromatic heterocycles. The van der Waals surface area contributed by atoms with E-state index in [0.29, 0.717) is 18.6 Å². The molecule has 0 aromatic carbocycles. The molecule has 1 saturated heterocycles. The number of aryl methyl sites for hydroxylation is 2. The molecule has 2 aliphatic heterocycles. The molecule has 1 unspecified atom stereocenters. The zero-order valence-electron chi connectivity index (χ0n) is 17.9. The summed E-state index contributed by atoms with van der Waals surface area (Å²) in [6.07, 6.45) is 7.22. The van der Waals surface area contributed by atoms with Gasteiger partial charge in [0.1, 0.15) is 22.4 Å². The molecule has 2 aliphatic rings. The number of hydrogen-bond donors (Lipinski definition) is 1. The average molecular weight is 413 g/mol. The summed E-state index contributed by atoms with van der Waals surface area (Å²) in [6, 6.07) is 0.819. The van der Waals surface area contributed by atoms with E-state index in [1.807, 2.05) is 0 Å². The molecule has 0 aliphatic carbocycles. The highest BCUT2D eigenvalue weighted by Crippen LogP contribution is 2.34. The number of nitrogens with zero attached hydrogens (tertiary/aromatic N) is 5. The maximum Gasteiger partial charge on any atom is 0.150 e. The van der Waals surface area contributed by atoms with Gasteiger partial charge in [-0.3, -0.25) is 4.90 Å². The molecule has 29 heavy (non-hydrogen) atoms. The van der Waals surface area contributed by atoms with Gasteiger partial charge in [-0.05, 0) is 58.9 Å². The number of fused-ring (bicyclic) bond motifs is 1. The molecule has 1 N–H and O–H groups in total. The van der Waals surface area contributed by atoms with E-state index in [1.165, 1.54) is 42.2 Å². The summed E-state index contributed by atoms with van der Waals surface area (Å²) < 4.78 is 2.40. The highest BCUT2D eigenvalue weighted by molar-refractivity contribution is 7.11. The fraction of sp³-hybridized carbons (Fsp3) is 0.682. The lowest BCUT2D eigenvalue weighted by Gasteiger charge is -2.23. The van der Waals surface area contributed by atoms with E-state index >= 15 is 0 Å². The average Bonchev–Trinajstić information content (AvgIpc) is 3.34. The van der Waals surface area contributed by atoms with Crippen molar-refractivity contribution in [2.75, 3.05) is 13.1 Å². The molecule has 0 amide bonds. The molecule has 6 nitrogen and oxygen atoms in total. The SMILES string of the molecule is Cc1sc(CN2CCCC2c2nnc3n2CCCCC3)nc1C#CCNC(C)C. The van der Waals surface area contributed by atoms with Crippen molar-refractivity contribution in [2.45, 2.75) is 84.5 Å². The molecule has 0 radical (unpaired) electrons. The van der Waals surface area contributed by atoms with Crippen LogP contribution in [0.2, 0.25) is 0 Å². The summed E-state index contributed by atoms with van der Waals surface area (Å²) in [6.45, 7) is 10.2. The molecule has 156 valence electrons.